The fourth-order valence-electron chi connectivity index (χ4n) is 2.62. The first-order valence-corrected chi connectivity index (χ1v) is 7.52. The smallest absolute Gasteiger partial charge is 0.0825 e. The Bertz CT molecular complexity index is 450. The Hall–Kier alpha value is -0.580. The molecule has 0 bridgehead atoms. The minimum atomic E-state index is -0.434. The fourth-order valence-corrected chi connectivity index (χ4v) is 3.26. The predicted octanol–water partition coefficient (Wildman–Crippen LogP) is 3.51. The molecule has 0 aliphatic carbocycles. The molecule has 1 aliphatic heterocycles. The SMILES string of the molecule is COC1(C)CCCN(c2ccc(C(C)O)cc2Br)C1. The quantitative estimate of drug-likeness (QED) is 0.922. The van der Waals surface area contributed by atoms with Gasteiger partial charge in [-0.2, -0.15) is 0 Å². The summed E-state index contributed by atoms with van der Waals surface area (Å²) in [5.74, 6) is 0. The molecule has 1 saturated heterocycles. The van der Waals surface area contributed by atoms with Crippen LogP contribution in [0.5, 0.6) is 0 Å². The second kappa shape index (κ2) is 5.81. The molecule has 1 N–H and O–H groups in total. The van der Waals surface area contributed by atoms with E-state index in [4.69, 9.17) is 4.74 Å². The van der Waals surface area contributed by atoms with E-state index >= 15 is 0 Å². The molecule has 4 heteroatoms. The maximum absolute atomic E-state index is 9.62. The molecular weight excluding hydrogens is 306 g/mol. The Morgan fingerprint density at radius 3 is 2.79 bits per heavy atom. The number of anilines is 1. The molecule has 0 radical (unpaired) electrons. The average Bonchev–Trinajstić information content (AvgIpc) is 2.38. The third-order valence-electron chi connectivity index (χ3n) is 3.95. The van der Waals surface area contributed by atoms with Gasteiger partial charge in [0.1, 0.15) is 0 Å². The van der Waals surface area contributed by atoms with Gasteiger partial charge in [-0.25, -0.2) is 0 Å². The molecule has 0 spiro atoms. The van der Waals surface area contributed by atoms with Crippen LogP contribution in [0.2, 0.25) is 0 Å². The Morgan fingerprint density at radius 1 is 1.47 bits per heavy atom. The van der Waals surface area contributed by atoms with Crippen molar-refractivity contribution in [1.29, 1.82) is 0 Å². The van der Waals surface area contributed by atoms with Crippen molar-refractivity contribution in [3.63, 3.8) is 0 Å². The number of hydrogen-bond acceptors (Lipinski definition) is 3. The zero-order valence-corrected chi connectivity index (χ0v) is 13.4. The first-order valence-electron chi connectivity index (χ1n) is 6.73. The molecular formula is C15H22BrNO2. The molecule has 3 nitrogen and oxygen atoms in total. The highest BCUT2D eigenvalue weighted by atomic mass is 79.9. The van der Waals surface area contributed by atoms with Gasteiger partial charge in [-0.1, -0.05) is 6.07 Å². The van der Waals surface area contributed by atoms with Gasteiger partial charge in [0.15, 0.2) is 0 Å². The summed E-state index contributed by atoms with van der Waals surface area (Å²) < 4.78 is 6.67. The van der Waals surface area contributed by atoms with Crippen LogP contribution in [-0.2, 0) is 4.74 Å². The topological polar surface area (TPSA) is 32.7 Å². The molecule has 0 amide bonds. The molecule has 0 aromatic heterocycles. The molecule has 1 aromatic carbocycles. The molecule has 19 heavy (non-hydrogen) atoms. The van der Waals surface area contributed by atoms with Gasteiger partial charge in [0.2, 0.25) is 0 Å². The Labute approximate surface area is 123 Å². The summed E-state index contributed by atoms with van der Waals surface area (Å²) in [6, 6.07) is 6.07. The first-order chi connectivity index (χ1) is 8.95. The number of hydrogen-bond donors (Lipinski definition) is 1. The number of aliphatic hydroxyl groups excluding tert-OH is 1. The van der Waals surface area contributed by atoms with Gasteiger partial charge in [0, 0.05) is 24.7 Å². The van der Waals surface area contributed by atoms with E-state index in [0.29, 0.717) is 0 Å². The summed E-state index contributed by atoms with van der Waals surface area (Å²) in [4.78, 5) is 2.35. The number of rotatable bonds is 3. The van der Waals surface area contributed by atoms with E-state index < -0.39 is 6.10 Å². The molecule has 0 saturated carbocycles. The minimum absolute atomic E-state index is 0.0688. The van der Waals surface area contributed by atoms with Crippen LogP contribution < -0.4 is 4.90 Å². The Balaban J connectivity index is 2.22. The van der Waals surface area contributed by atoms with Gasteiger partial charge in [-0.3, -0.25) is 0 Å². The van der Waals surface area contributed by atoms with Crippen molar-refractivity contribution in [3.05, 3.63) is 28.2 Å². The van der Waals surface area contributed by atoms with Crippen LogP contribution in [0.3, 0.4) is 0 Å². The molecule has 1 heterocycles. The van der Waals surface area contributed by atoms with Crippen LogP contribution in [0, 0.1) is 0 Å². The molecule has 2 rings (SSSR count). The maximum atomic E-state index is 9.62. The van der Waals surface area contributed by atoms with Crippen LogP contribution in [0.15, 0.2) is 22.7 Å². The van der Waals surface area contributed by atoms with Crippen LogP contribution in [-0.4, -0.2) is 30.9 Å². The number of piperidine rings is 1. The van der Waals surface area contributed by atoms with Crippen LogP contribution in [0.25, 0.3) is 0 Å². The van der Waals surface area contributed by atoms with Crippen molar-refractivity contribution in [2.45, 2.75) is 38.4 Å². The van der Waals surface area contributed by atoms with Crippen LogP contribution >= 0.6 is 15.9 Å². The van der Waals surface area contributed by atoms with Crippen molar-refractivity contribution < 1.29 is 9.84 Å². The highest BCUT2D eigenvalue weighted by Gasteiger charge is 2.31. The van der Waals surface area contributed by atoms with E-state index in [9.17, 15) is 5.11 Å². The van der Waals surface area contributed by atoms with Gasteiger partial charge < -0.3 is 14.7 Å². The first kappa shape index (κ1) is 14.8. The number of methoxy groups -OCH3 is 1. The van der Waals surface area contributed by atoms with E-state index in [0.717, 1.165) is 36.0 Å². The second-order valence-electron chi connectivity index (χ2n) is 5.57. The van der Waals surface area contributed by atoms with Gasteiger partial charge in [-0.15, -0.1) is 0 Å². The molecule has 2 unspecified atom stereocenters. The zero-order chi connectivity index (χ0) is 14.0. The van der Waals surface area contributed by atoms with E-state index in [-0.39, 0.29) is 5.60 Å². The minimum Gasteiger partial charge on any atom is -0.389 e. The number of benzene rings is 1. The second-order valence-corrected chi connectivity index (χ2v) is 6.42. The van der Waals surface area contributed by atoms with Crippen LogP contribution in [0.1, 0.15) is 38.4 Å². The van der Waals surface area contributed by atoms with E-state index in [1.165, 1.54) is 5.69 Å². The van der Waals surface area contributed by atoms with Gasteiger partial charge >= 0.3 is 0 Å². The normalized spacial score (nSPS) is 25.4. The average molecular weight is 328 g/mol. The third kappa shape index (κ3) is 3.30. The highest BCUT2D eigenvalue weighted by molar-refractivity contribution is 9.10. The van der Waals surface area contributed by atoms with E-state index in [2.05, 4.69) is 33.8 Å². The standard InChI is InChI=1S/C15H22BrNO2/c1-11(18)12-5-6-14(13(16)9-12)17-8-4-7-15(2,10-17)19-3/h5-6,9,11,18H,4,7-8,10H2,1-3H3. The number of halogens is 1. The molecule has 106 valence electrons. The summed E-state index contributed by atoms with van der Waals surface area (Å²) in [6.07, 6.45) is 1.80. The Kier molecular flexibility index (Phi) is 4.54. The molecule has 1 fully saturated rings. The molecule has 1 aromatic rings. The number of aliphatic hydroxyl groups is 1. The monoisotopic (exact) mass is 327 g/mol. The lowest BCUT2D eigenvalue weighted by molar-refractivity contribution is -0.00468. The summed E-state index contributed by atoms with van der Waals surface area (Å²) in [7, 11) is 1.79. The largest absolute Gasteiger partial charge is 0.389 e. The Morgan fingerprint density at radius 2 is 2.21 bits per heavy atom. The summed E-state index contributed by atoms with van der Waals surface area (Å²) in [5.41, 5.74) is 2.04. The van der Waals surface area contributed by atoms with Crippen molar-refractivity contribution in [2.75, 3.05) is 25.1 Å². The third-order valence-corrected chi connectivity index (χ3v) is 4.58. The lowest BCUT2D eigenvalue weighted by atomic mass is 9.94. The number of nitrogens with zero attached hydrogens (tertiary/aromatic N) is 1. The van der Waals surface area contributed by atoms with Gasteiger partial charge in [0.25, 0.3) is 0 Å². The summed E-state index contributed by atoms with van der Waals surface area (Å²) >= 11 is 3.62. The molecule has 2 atom stereocenters. The van der Waals surface area contributed by atoms with Gasteiger partial charge in [0.05, 0.1) is 17.4 Å². The highest BCUT2D eigenvalue weighted by Crippen LogP contribution is 2.34. The summed E-state index contributed by atoms with van der Waals surface area (Å²) in [5, 5.41) is 9.62. The predicted molar refractivity (Wildman–Crippen MR) is 81.6 cm³/mol. The lowest BCUT2D eigenvalue weighted by Crippen LogP contribution is -2.47. The van der Waals surface area contributed by atoms with Crippen LogP contribution in [0.4, 0.5) is 5.69 Å². The lowest BCUT2D eigenvalue weighted by Gasteiger charge is -2.41. The molecule has 1 aliphatic rings. The maximum Gasteiger partial charge on any atom is 0.0825 e. The van der Waals surface area contributed by atoms with Crippen molar-refractivity contribution in [1.82, 2.24) is 0 Å². The van der Waals surface area contributed by atoms with E-state index in [1.807, 2.05) is 12.1 Å². The van der Waals surface area contributed by atoms with Crippen molar-refractivity contribution in [2.24, 2.45) is 0 Å². The fraction of sp³-hybridized carbons (Fsp3) is 0.600. The summed E-state index contributed by atoms with van der Waals surface area (Å²) in [6.45, 7) is 5.89. The van der Waals surface area contributed by atoms with Gasteiger partial charge in [-0.05, 0) is 60.3 Å². The number of ether oxygens (including phenoxy) is 1. The van der Waals surface area contributed by atoms with Crippen molar-refractivity contribution >= 4 is 21.6 Å². The zero-order valence-electron chi connectivity index (χ0n) is 11.8. The van der Waals surface area contributed by atoms with E-state index in [1.54, 1.807) is 14.0 Å². The van der Waals surface area contributed by atoms with Crippen molar-refractivity contribution in [3.8, 4) is 0 Å².